The summed E-state index contributed by atoms with van der Waals surface area (Å²) in [6.45, 7) is 5.69. The van der Waals surface area contributed by atoms with Crippen molar-refractivity contribution in [2.45, 2.75) is 33.2 Å². The summed E-state index contributed by atoms with van der Waals surface area (Å²) in [5.41, 5.74) is 3.16. The van der Waals surface area contributed by atoms with E-state index < -0.39 is 23.6 Å². The van der Waals surface area contributed by atoms with Gasteiger partial charge in [-0.2, -0.15) is 0 Å². The topological polar surface area (TPSA) is 100.0 Å². The van der Waals surface area contributed by atoms with Gasteiger partial charge in [-0.15, -0.1) is 11.3 Å². The Morgan fingerprint density at radius 1 is 1.20 bits per heavy atom. The summed E-state index contributed by atoms with van der Waals surface area (Å²) in [7, 11) is 0. The van der Waals surface area contributed by atoms with Crippen molar-refractivity contribution in [3.8, 4) is 17.0 Å². The van der Waals surface area contributed by atoms with E-state index in [-0.39, 0.29) is 30.5 Å². The molecule has 0 aliphatic carbocycles. The smallest absolute Gasteiger partial charge is 0.294 e. The van der Waals surface area contributed by atoms with Crippen molar-refractivity contribution >= 4 is 28.7 Å². The summed E-state index contributed by atoms with van der Waals surface area (Å²) in [6, 6.07) is 12.1. The summed E-state index contributed by atoms with van der Waals surface area (Å²) in [6.07, 6.45) is 1.97. The van der Waals surface area contributed by atoms with Crippen LogP contribution >= 0.6 is 11.3 Å². The van der Waals surface area contributed by atoms with E-state index in [1.165, 1.54) is 9.78 Å². The maximum absolute atomic E-state index is 13.3. The van der Waals surface area contributed by atoms with E-state index >= 15 is 0 Å². The molecule has 8 heteroatoms. The lowest BCUT2D eigenvalue weighted by molar-refractivity contribution is -0.119. The lowest BCUT2D eigenvalue weighted by Gasteiger charge is -2.28. The van der Waals surface area contributed by atoms with Crippen LogP contribution in [0.4, 0.5) is 5.69 Å². The average Bonchev–Trinajstić information content (AvgIpc) is 3.40. The number of hydrogen-bond acceptors (Lipinski definition) is 7. The summed E-state index contributed by atoms with van der Waals surface area (Å²) < 4.78 is 5.79. The normalized spacial score (nSPS) is 15.9. The third kappa shape index (κ3) is 4.85. The van der Waals surface area contributed by atoms with Crippen molar-refractivity contribution in [1.82, 2.24) is 4.98 Å². The Morgan fingerprint density at radius 3 is 2.57 bits per heavy atom. The predicted octanol–water partition coefficient (Wildman–Crippen LogP) is 5.00. The lowest BCUT2D eigenvalue weighted by Crippen LogP contribution is -2.32. The fourth-order valence-electron chi connectivity index (χ4n) is 4.10. The van der Waals surface area contributed by atoms with Gasteiger partial charge in [0.05, 0.1) is 12.2 Å². The third-order valence-corrected chi connectivity index (χ3v) is 6.71. The Balaban J connectivity index is 1.79. The maximum Gasteiger partial charge on any atom is 0.294 e. The Labute approximate surface area is 208 Å². The van der Waals surface area contributed by atoms with E-state index in [1.54, 1.807) is 43.5 Å². The van der Waals surface area contributed by atoms with Gasteiger partial charge in [0.1, 0.15) is 6.04 Å². The number of aliphatic hydroxyl groups excluding tert-OH is 2. The number of ether oxygens (including phenoxy) is 1. The molecule has 1 aromatic carbocycles. The van der Waals surface area contributed by atoms with E-state index in [1.807, 2.05) is 31.2 Å². The number of thiophene rings is 1. The monoisotopic (exact) mass is 492 g/mol. The standard InChI is InChI=1S/C27H28N2O5S/c1-16(2)24(31)22-23(21-6-4-11-28-26(21)34-13-5-12-30)29(27(33)25(22)32)20-9-7-18(8-10-20)19-14-17(3)35-15-19/h4,6-11,14-16,23,30,32H,5,12-13H2,1-3H3. The van der Waals surface area contributed by atoms with Crippen LogP contribution in [0.5, 0.6) is 5.88 Å². The van der Waals surface area contributed by atoms with Crippen LogP contribution in [0.3, 0.4) is 0 Å². The zero-order valence-corrected chi connectivity index (χ0v) is 20.7. The highest BCUT2D eigenvalue weighted by atomic mass is 32.1. The summed E-state index contributed by atoms with van der Waals surface area (Å²) in [4.78, 5) is 33.5. The highest BCUT2D eigenvalue weighted by Crippen LogP contribution is 2.44. The summed E-state index contributed by atoms with van der Waals surface area (Å²) >= 11 is 1.66. The Hall–Kier alpha value is -3.49. The highest BCUT2D eigenvalue weighted by molar-refractivity contribution is 7.10. The number of ketones is 1. The fraction of sp³-hybridized carbons (Fsp3) is 0.296. The van der Waals surface area contributed by atoms with Gasteiger partial charge in [-0.1, -0.05) is 26.0 Å². The molecule has 1 amide bonds. The van der Waals surface area contributed by atoms with Gasteiger partial charge in [-0.3, -0.25) is 14.5 Å². The van der Waals surface area contributed by atoms with Gasteiger partial charge in [0.15, 0.2) is 11.5 Å². The molecule has 3 aromatic rings. The molecule has 1 aliphatic heterocycles. The predicted molar refractivity (Wildman–Crippen MR) is 136 cm³/mol. The number of Topliss-reactive ketones (excluding diaryl/α,β-unsaturated/α-hetero) is 1. The molecule has 182 valence electrons. The van der Waals surface area contributed by atoms with Crippen molar-refractivity contribution in [3.63, 3.8) is 0 Å². The van der Waals surface area contributed by atoms with Gasteiger partial charge in [0.25, 0.3) is 5.91 Å². The number of aromatic nitrogens is 1. The second kappa shape index (κ2) is 10.4. The number of hydrogen-bond donors (Lipinski definition) is 2. The van der Waals surface area contributed by atoms with E-state index in [4.69, 9.17) is 9.84 Å². The van der Waals surface area contributed by atoms with Crippen LogP contribution in [0, 0.1) is 12.8 Å². The first-order chi connectivity index (χ1) is 16.8. The molecular formula is C27H28N2O5S. The molecule has 35 heavy (non-hydrogen) atoms. The van der Waals surface area contributed by atoms with Crippen molar-refractivity contribution < 1.29 is 24.5 Å². The number of aliphatic hydroxyl groups is 2. The molecule has 0 bridgehead atoms. The molecule has 1 aliphatic rings. The third-order valence-electron chi connectivity index (χ3n) is 5.84. The minimum absolute atomic E-state index is 0.0301. The zero-order chi connectivity index (χ0) is 25.1. The average molecular weight is 493 g/mol. The van der Waals surface area contributed by atoms with E-state index in [9.17, 15) is 14.7 Å². The molecule has 2 aromatic heterocycles. The number of rotatable bonds is 9. The van der Waals surface area contributed by atoms with Gasteiger partial charge < -0.3 is 14.9 Å². The molecule has 0 saturated heterocycles. The minimum atomic E-state index is -0.899. The molecule has 1 atom stereocenters. The molecule has 0 spiro atoms. The summed E-state index contributed by atoms with van der Waals surface area (Å²) in [5.74, 6) is -1.71. The number of nitrogens with zero attached hydrogens (tertiary/aromatic N) is 2. The molecule has 0 saturated carbocycles. The number of benzene rings is 1. The molecule has 7 nitrogen and oxygen atoms in total. The molecule has 3 heterocycles. The number of pyridine rings is 1. The first-order valence-corrected chi connectivity index (χ1v) is 12.4. The van der Waals surface area contributed by atoms with Crippen molar-refractivity contribution in [2.24, 2.45) is 5.92 Å². The second-order valence-corrected chi connectivity index (χ2v) is 9.79. The number of anilines is 1. The Kier molecular flexibility index (Phi) is 7.33. The quantitative estimate of drug-likeness (QED) is 0.408. The van der Waals surface area contributed by atoms with Gasteiger partial charge in [-0.05, 0) is 53.8 Å². The summed E-state index contributed by atoms with van der Waals surface area (Å²) in [5, 5.41) is 22.1. The highest BCUT2D eigenvalue weighted by Gasteiger charge is 2.46. The Morgan fingerprint density at radius 2 is 1.94 bits per heavy atom. The number of carbonyl (C=O) groups excluding carboxylic acids is 2. The Bertz CT molecular complexity index is 1260. The number of aryl methyl sites for hydroxylation is 1. The van der Waals surface area contributed by atoms with Gasteiger partial charge in [0.2, 0.25) is 5.88 Å². The molecule has 0 fully saturated rings. The van der Waals surface area contributed by atoms with Crippen LogP contribution in [0.1, 0.15) is 36.8 Å². The molecule has 2 N–H and O–H groups in total. The van der Waals surface area contributed by atoms with E-state index in [0.29, 0.717) is 17.7 Å². The SMILES string of the molecule is Cc1cc(-c2ccc(N3C(=O)C(O)=C(C(=O)C(C)C)C3c3cccnc3OCCCO)cc2)cs1. The largest absolute Gasteiger partial charge is 0.503 e. The minimum Gasteiger partial charge on any atom is -0.503 e. The van der Waals surface area contributed by atoms with Crippen LogP contribution in [0.25, 0.3) is 11.1 Å². The first-order valence-electron chi connectivity index (χ1n) is 11.5. The van der Waals surface area contributed by atoms with Crippen molar-refractivity contribution in [1.29, 1.82) is 0 Å². The molecule has 1 unspecified atom stereocenters. The fourth-order valence-corrected chi connectivity index (χ4v) is 4.82. The van der Waals surface area contributed by atoms with Crippen LogP contribution in [-0.2, 0) is 9.59 Å². The van der Waals surface area contributed by atoms with Gasteiger partial charge in [0, 0.05) is 41.3 Å². The van der Waals surface area contributed by atoms with Crippen molar-refractivity contribution in [2.75, 3.05) is 18.1 Å². The molecular weight excluding hydrogens is 464 g/mol. The zero-order valence-electron chi connectivity index (χ0n) is 19.9. The molecule has 0 radical (unpaired) electrons. The molecule has 4 rings (SSSR count). The van der Waals surface area contributed by atoms with E-state index in [2.05, 4.69) is 16.4 Å². The van der Waals surface area contributed by atoms with Crippen LogP contribution in [0.2, 0.25) is 0 Å². The number of amides is 1. The second-order valence-electron chi connectivity index (χ2n) is 8.68. The van der Waals surface area contributed by atoms with Crippen LogP contribution < -0.4 is 9.64 Å². The van der Waals surface area contributed by atoms with Gasteiger partial charge in [-0.25, -0.2) is 4.98 Å². The number of carbonyl (C=O) groups is 2. The van der Waals surface area contributed by atoms with Crippen molar-refractivity contribution in [3.05, 3.63) is 75.8 Å². The van der Waals surface area contributed by atoms with Crippen LogP contribution in [-0.4, -0.2) is 40.1 Å². The lowest BCUT2D eigenvalue weighted by atomic mass is 9.91. The first kappa shape index (κ1) is 24.6. The maximum atomic E-state index is 13.3. The van der Waals surface area contributed by atoms with Gasteiger partial charge >= 0.3 is 0 Å². The van der Waals surface area contributed by atoms with Crippen LogP contribution in [0.15, 0.2) is 65.4 Å². The van der Waals surface area contributed by atoms with E-state index in [0.717, 1.165) is 11.1 Å².